The van der Waals surface area contributed by atoms with Gasteiger partial charge in [-0.15, -0.1) is 0 Å². The molecule has 0 bridgehead atoms. The maximum atomic E-state index is 12.5. The van der Waals surface area contributed by atoms with Crippen LogP contribution in [0.3, 0.4) is 0 Å². The van der Waals surface area contributed by atoms with Gasteiger partial charge in [-0.2, -0.15) is 13.2 Å². The van der Waals surface area contributed by atoms with Crippen molar-refractivity contribution < 1.29 is 18.3 Å². The zero-order valence-corrected chi connectivity index (χ0v) is 11.1. The van der Waals surface area contributed by atoms with Gasteiger partial charge in [-0.3, -0.25) is 0 Å². The third kappa shape index (κ3) is 4.99. The topological polar surface area (TPSA) is 62.4 Å². The van der Waals surface area contributed by atoms with Crippen LogP contribution in [-0.4, -0.2) is 41.0 Å². The molecule has 0 aliphatic carbocycles. The Kier molecular flexibility index (Phi) is 5.07. The number of thiocarbonyl (C=S) groups is 1. The smallest absolute Gasteiger partial charge is 0.395 e. The Labute approximate surface area is 114 Å². The molecule has 0 atom stereocenters. The zero-order chi connectivity index (χ0) is 14.6. The van der Waals surface area contributed by atoms with E-state index in [0.29, 0.717) is 11.3 Å². The van der Waals surface area contributed by atoms with E-state index in [0.717, 1.165) is 4.90 Å². The van der Waals surface area contributed by atoms with Crippen LogP contribution in [-0.2, 0) is 0 Å². The lowest BCUT2D eigenvalue weighted by Gasteiger charge is -2.24. The van der Waals surface area contributed by atoms with E-state index >= 15 is 0 Å². The van der Waals surface area contributed by atoms with Gasteiger partial charge in [0.1, 0.15) is 17.4 Å². The van der Waals surface area contributed by atoms with Gasteiger partial charge >= 0.3 is 6.18 Å². The first kappa shape index (κ1) is 15.6. The van der Waals surface area contributed by atoms with Gasteiger partial charge < -0.3 is 15.7 Å². The number of hydrogen-bond acceptors (Lipinski definition) is 4. The average molecular weight is 293 g/mol. The van der Waals surface area contributed by atoms with Crippen LogP contribution in [0, 0.1) is 6.92 Å². The molecule has 1 rings (SSSR count). The summed E-state index contributed by atoms with van der Waals surface area (Å²) in [6.07, 6.45) is -4.38. The molecular formula is C11H14F3N3OS. The average Bonchev–Trinajstić information content (AvgIpc) is 2.25. The molecule has 0 saturated heterocycles. The van der Waals surface area contributed by atoms with Crippen molar-refractivity contribution in [2.45, 2.75) is 13.1 Å². The number of anilines is 1. The number of rotatable bonds is 5. The normalized spacial score (nSPS) is 11.4. The minimum absolute atomic E-state index is 0.0858. The molecule has 0 fully saturated rings. The number of halogens is 3. The van der Waals surface area contributed by atoms with Crippen LogP contribution in [0.4, 0.5) is 19.0 Å². The number of nitrogens with zero attached hydrogens (tertiary/aromatic N) is 2. The molecule has 4 nitrogen and oxygen atoms in total. The number of hydrogen-bond donors (Lipinski definition) is 2. The highest BCUT2D eigenvalue weighted by Gasteiger charge is 2.31. The van der Waals surface area contributed by atoms with Crippen LogP contribution in [0.5, 0.6) is 0 Å². The van der Waals surface area contributed by atoms with E-state index in [9.17, 15) is 13.2 Å². The molecule has 0 radical (unpaired) electrons. The largest absolute Gasteiger partial charge is 0.405 e. The van der Waals surface area contributed by atoms with E-state index in [1.54, 1.807) is 13.0 Å². The molecule has 3 N–H and O–H groups in total. The molecule has 8 heteroatoms. The highest BCUT2D eigenvalue weighted by molar-refractivity contribution is 7.80. The van der Waals surface area contributed by atoms with E-state index in [4.69, 9.17) is 23.1 Å². The van der Waals surface area contributed by atoms with Crippen molar-refractivity contribution in [3.63, 3.8) is 0 Å². The van der Waals surface area contributed by atoms with E-state index in [-0.39, 0.29) is 17.4 Å². The maximum Gasteiger partial charge on any atom is 0.405 e. The highest BCUT2D eigenvalue weighted by atomic mass is 32.1. The summed E-state index contributed by atoms with van der Waals surface area (Å²) in [5.74, 6) is 0.0918. The molecule has 0 spiro atoms. The molecule has 0 aliphatic heterocycles. The number of aryl methyl sites for hydroxylation is 1. The Hall–Kier alpha value is -1.41. The van der Waals surface area contributed by atoms with Gasteiger partial charge in [0, 0.05) is 17.8 Å². The Morgan fingerprint density at radius 1 is 1.47 bits per heavy atom. The van der Waals surface area contributed by atoms with Crippen LogP contribution in [0.25, 0.3) is 0 Å². The van der Waals surface area contributed by atoms with E-state index in [2.05, 4.69) is 4.98 Å². The molecule has 106 valence electrons. The highest BCUT2D eigenvalue weighted by Crippen LogP contribution is 2.21. The predicted molar refractivity (Wildman–Crippen MR) is 70.2 cm³/mol. The lowest BCUT2D eigenvalue weighted by Crippen LogP contribution is -2.37. The Morgan fingerprint density at radius 3 is 2.58 bits per heavy atom. The first-order valence-electron chi connectivity index (χ1n) is 5.44. The SMILES string of the molecule is Cc1cc(C(N)=S)cc(N(CCO)CC(F)(F)F)n1. The lowest BCUT2D eigenvalue weighted by molar-refractivity contribution is -0.120. The number of pyridine rings is 1. The van der Waals surface area contributed by atoms with Gasteiger partial charge in [0.25, 0.3) is 0 Å². The van der Waals surface area contributed by atoms with Crippen LogP contribution >= 0.6 is 12.2 Å². The molecule has 0 aromatic carbocycles. The summed E-state index contributed by atoms with van der Waals surface area (Å²) in [5, 5.41) is 8.86. The monoisotopic (exact) mass is 293 g/mol. The van der Waals surface area contributed by atoms with Crippen molar-refractivity contribution in [2.75, 3.05) is 24.6 Å². The van der Waals surface area contributed by atoms with Crippen molar-refractivity contribution in [2.24, 2.45) is 5.73 Å². The molecule has 1 heterocycles. The van der Waals surface area contributed by atoms with Gasteiger partial charge in [-0.25, -0.2) is 4.98 Å². The Morgan fingerprint density at radius 2 is 2.11 bits per heavy atom. The standard InChI is InChI=1S/C11H14F3N3OS/c1-7-4-8(10(15)19)5-9(16-7)17(2-3-18)6-11(12,13)14/h4-5,18H,2-3,6H2,1H3,(H2,15,19). The van der Waals surface area contributed by atoms with Crippen molar-refractivity contribution >= 4 is 23.0 Å². The summed E-state index contributed by atoms with van der Waals surface area (Å²) >= 11 is 4.80. The summed E-state index contributed by atoms with van der Waals surface area (Å²) in [6.45, 7) is -0.141. The van der Waals surface area contributed by atoms with Gasteiger partial charge in [0.15, 0.2) is 0 Å². The van der Waals surface area contributed by atoms with Crippen molar-refractivity contribution in [1.82, 2.24) is 4.98 Å². The summed E-state index contributed by atoms with van der Waals surface area (Å²) in [4.78, 5) is 5.04. The number of aliphatic hydroxyl groups excluding tert-OH is 1. The fourth-order valence-corrected chi connectivity index (χ4v) is 1.68. The van der Waals surface area contributed by atoms with E-state index < -0.39 is 19.3 Å². The van der Waals surface area contributed by atoms with Gasteiger partial charge in [-0.05, 0) is 19.1 Å². The van der Waals surface area contributed by atoms with E-state index in [1.807, 2.05) is 0 Å². The minimum Gasteiger partial charge on any atom is -0.395 e. The molecule has 0 unspecified atom stereocenters. The third-order valence-electron chi connectivity index (χ3n) is 2.29. The zero-order valence-electron chi connectivity index (χ0n) is 10.2. The third-order valence-corrected chi connectivity index (χ3v) is 2.52. The first-order chi connectivity index (χ1) is 8.73. The Bertz CT molecular complexity index is 465. The number of alkyl halides is 3. The lowest BCUT2D eigenvalue weighted by atomic mass is 10.2. The fourth-order valence-electron chi connectivity index (χ4n) is 1.57. The van der Waals surface area contributed by atoms with Crippen LogP contribution in [0.1, 0.15) is 11.3 Å². The Balaban J connectivity index is 3.11. The molecule has 1 aromatic heterocycles. The molecule has 0 amide bonds. The van der Waals surface area contributed by atoms with Gasteiger partial charge in [0.05, 0.1) is 6.61 Å². The molecule has 1 aromatic rings. The molecule has 0 saturated carbocycles. The summed E-state index contributed by atoms with van der Waals surface area (Å²) in [7, 11) is 0. The van der Waals surface area contributed by atoms with Crippen LogP contribution in [0.2, 0.25) is 0 Å². The van der Waals surface area contributed by atoms with Gasteiger partial charge in [-0.1, -0.05) is 12.2 Å². The number of nitrogens with two attached hydrogens (primary N) is 1. The molecule has 0 aliphatic rings. The summed E-state index contributed by atoms with van der Waals surface area (Å²) in [5.41, 5.74) is 6.42. The van der Waals surface area contributed by atoms with Crippen molar-refractivity contribution in [1.29, 1.82) is 0 Å². The van der Waals surface area contributed by atoms with Crippen LogP contribution in [0.15, 0.2) is 12.1 Å². The van der Waals surface area contributed by atoms with E-state index in [1.165, 1.54) is 6.07 Å². The van der Waals surface area contributed by atoms with Crippen LogP contribution < -0.4 is 10.6 Å². The van der Waals surface area contributed by atoms with Gasteiger partial charge in [0.2, 0.25) is 0 Å². The fraction of sp³-hybridized carbons (Fsp3) is 0.455. The minimum atomic E-state index is -4.38. The van der Waals surface area contributed by atoms with Crippen molar-refractivity contribution in [3.8, 4) is 0 Å². The number of aromatic nitrogens is 1. The second-order valence-corrected chi connectivity index (χ2v) is 4.42. The summed E-state index contributed by atoms with van der Waals surface area (Å²) in [6, 6.07) is 2.98. The second kappa shape index (κ2) is 6.16. The summed E-state index contributed by atoms with van der Waals surface area (Å²) < 4.78 is 37.4. The predicted octanol–water partition coefficient (Wildman–Crippen LogP) is 1.39. The quantitative estimate of drug-likeness (QED) is 0.803. The molecular weight excluding hydrogens is 279 g/mol. The number of aliphatic hydroxyl groups is 1. The molecule has 19 heavy (non-hydrogen) atoms. The first-order valence-corrected chi connectivity index (χ1v) is 5.85. The second-order valence-electron chi connectivity index (χ2n) is 3.98. The maximum absolute atomic E-state index is 12.5. The van der Waals surface area contributed by atoms with Crippen molar-refractivity contribution in [3.05, 3.63) is 23.4 Å².